The van der Waals surface area contributed by atoms with E-state index in [2.05, 4.69) is 37.1 Å². The van der Waals surface area contributed by atoms with E-state index >= 15 is 8.78 Å². The molecule has 0 saturated heterocycles. The molecule has 61 heavy (non-hydrogen) atoms. The molecule has 1 atom stereocenters. The van der Waals surface area contributed by atoms with Crippen molar-refractivity contribution in [1.29, 1.82) is 0 Å². The Morgan fingerprint density at radius 2 is 1.59 bits per heavy atom. The Hall–Kier alpha value is -5.40. The molecular weight excluding hydrogens is 876 g/mol. The van der Waals surface area contributed by atoms with Crippen molar-refractivity contribution in [3.8, 4) is 23.0 Å². The molecule has 11 nitrogen and oxygen atoms in total. The lowest BCUT2D eigenvalue weighted by Gasteiger charge is -2.39. The first-order chi connectivity index (χ1) is 28.2. The summed E-state index contributed by atoms with van der Waals surface area (Å²) in [6.07, 6.45) is -8.39. The molecule has 0 unspecified atom stereocenters. The van der Waals surface area contributed by atoms with Gasteiger partial charge in [0, 0.05) is 37.1 Å². The summed E-state index contributed by atoms with van der Waals surface area (Å²) in [5.74, 6) is -10.3. The maximum absolute atomic E-state index is 15.2. The largest absolute Gasteiger partial charge is 0.377 e. The Balaban J connectivity index is 1.40. The number of aromatic nitrogens is 5. The minimum atomic E-state index is -4.16. The summed E-state index contributed by atoms with van der Waals surface area (Å²) < 4.78 is 173. The minimum Gasteiger partial charge on any atom is -0.377 e. The first-order valence-electron chi connectivity index (χ1n) is 17.9. The molecule has 1 fully saturated rings. The quantitative estimate of drug-likeness (QED) is 0.0965. The average molecular weight is 906 g/mol. The molecule has 2 aliphatic carbocycles. The van der Waals surface area contributed by atoms with E-state index in [1.807, 2.05) is 0 Å². The molecule has 1 saturated carbocycles. The Morgan fingerprint density at radius 3 is 2.21 bits per heavy atom. The van der Waals surface area contributed by atoms with Crippen molar-refractivity contribution in [2.75, 3.05) is 11.0 Å². The molecule has 23 heteroatoms. The van der Waals surface area contributed by atoms with E-state index in [4.69, 9.17) is 11.6 Å². The number of fused-ring (bicyclic) bond motifs is 2. The monoisotopic (exact) mass is 905 g/mol. The van der Waals surface area contributed by atoms with Gasteiger partial charge in [0.15, 0.2) is 5.82 Å². The predicted octanol–water partition coefficient (Wildman–Crippen LogP) is 7.66. The third-order valence-electron chi connectivity index (χ3n) is 9.93. The van der Waals surface area contributed by atoms with Gasteiger partial charge in [0.25, 0.3) is 24.2 Å². The highest BCUT2D eigenvalue weighted by atomic mass is 35.5. The summed E-state index contributed by atoms with van der Waals surface area (Å²) in [5, 5.41) is 20.6. The van der Waals surface area contributed by atoms with Crippen molar-refractivity contribution in [2.45, 2.75) is 74.5 Å². The summed E-state index contributed by atoms with van der Waals surface area (Å²) in [4.78, 5) is 18.4. The molecule has 0 aliphatic heterocycles. The number of hydrogen-bond donors (Lipinski definition) is 3. The van der Waals surface area contributed by atoms with E-state index in [1.54, 1.807) is 0 Å². The fourth-order valence-electron chi connectivity index (χ4n) is 7.55. The predicted molar refractivity (Wildman–Crippen MR) is 199 cm³/mol. The molecule has 324 valence electrons. The molecule has 5 aromatic rings. The molecule has 7 rings (SSSR count). The van der Waals surface area contributed by atoms with E-state index in [-0.39, 0.29) is 54.5 Å². The topological polar surface area (TPSA) is 144 Å². The van der Waals surface area contributed by atoms with Gasteiger partial charge in [0.2, 0.25) is 15.9 Å². The molecular formula is C38H30ClF10N7O4S. The van der Waals surface area contributed by atoms with Crippen molar-refractivity contribution < 1.29 is 62.2 Å². The van der Waals surface area contributed by atoms with E-state index in [1.165, 1.54) is 36.0 Å². The molecule has 1 amide bonds. The van der Waals surface area contributed by atoms with Crippen LogP contribution in [0.15, 0.2) is 42.5 Å². The van der Waals surface area contributed by atoms with Crippen molar-refractivity contribution in [1.82, 2.24) is 29.9 Å². The van der Waals surface area contributed by atoms with Crippen LogP contribution in [-0.4, -0.2) is 61.8 Å². The Bertz CT molecular complexity index is 2760. The van der Waals surface area contributed by atoms with Gasteiger partial charge in [-0.05, 0) is 48.2 Å². The smallest absolute Gasteiger partial charge is 0.290 e. The number of alkyl halides is 8. The number of aliphatic hydroxyl groups is 1. The second kappa shape index (κ2) is 15.2. The zero-order chi connectivity index (χ0) is 44.6. The Labute approximate surface area is 344 Å². The van der Waals surface area contributed by atoms with Gasteiger partial charge < -0.3 is 10.4 Å². The van der Waals surface area contributed by atoms with Crippen LogP contribution in [0.4, 0.5) is 49.7 Å². The zero-order valence-corrected chi connectivity index (χ0v) is 33.0. The number of rotatable bonds is 10. The number of nitrogens with one attached hydrogen (secondary N) is 2. The Morgan fingerprint density at radius 1 is 0.951 bits per heavy atom. The molecule has 3 heterocycles. The minimum absolute atomic E-state index is 0.00808. The van der Waals surface area contributed by atoms with Gasteiger partial charge >= 0.3 is 0 Å². The van der Waals surface area contributed by atoms with Gasteiger partial charge in [-0.1, -0.05) is 23.6 Å². The van der Waals surface area contributed by atoms with Crippen molar-refractivity contribution in [3.63, 3.8) is 0 Å². The maximum Gasteiger partial charge on any atom is 0.290 e. The van der Waals surface area contributed by atoms with Crippen LogP contribution in [0.1, 0.15) is 72.1 Å². The molecule has 3 N–H and O–H groups in total. The van der Waals surface area contributed by atoms with Crippen LogP contribution < -0.4 is 10.0 Å². The lowest BCUT2D eigenvalue weighted by Crippen LogP contribution is -2.50. The van der Waals surface area contributed by atoms with Crippen LogP contribution in [0.3, 0.4) is 0 Å². The van der Waals surface area contributed by atoms with Gasteiger partial charge in [-0.15, -0.1) is 0 Å². The van der Waals surface area contributed by atoms with Crippen LogP contribution in [0.2, 0.25) is 5.02 Å². The standard InChI is InChI=1S/C38H30ClF10N7O4S/c1-55-31-23(5-6-24(39)27(31)34(53-55)54-61(2,59)60)22-4-3-21(7-8-35(58)16-36(44,45)17-35)50-29(22)25(13-18-11-19(40)14-20(41)12-18)51-26(57)15-56-32-28(30(52-56)33(42)43)37(46,47)9-10-38(32,48)49/h3-6,11-12,14,25,33,58H,9-10,13,15-17H2,1-2H3,(H,51,57)(H,53,54)/t25-/m0/s1. The lowest BCUT2D eigenvalue weighted by atomic mass is 9.77. The molecule has 0 spiro atoms. The number of amides is 1. The van der Waals surface area contributed by atoms with Gasteiger partial charge in [0.05, 0.1) is 52.3 Å². The van der Waals surface area contributed by atoms with Crippen molar-refractivity contribution in [3.05, 3.63) is 93.0 Å². The van der Waals surface area contributed by atoms with Crippen LogP contribution >= 0.6 is 11.6 Å². The summed E-state index contributed by atoms with van der Waals surface area (Å²) in [6.45, 7) is -1.35. The average Bonchev–Trinajstić information content (AvgIpc) is 3.67. The van der Waals surface area contributed by atoms with E-state index in [0.717, 1.165) is 18.4 Å². The summed E-state index contributed by atoms with van der Waals surface area (Å²) >= 11 is 6.52. The van der Waals surface area contributed by atoms with Crippen LogP contribution in [-0.2, 0) is 46.7 Å². The molecule has 2 aliphatic rings. The normalized spacial score (nSPS) is 17.9. The molecule has 3 aromatic heterocycles. The number of aryl methyl sites for hydroxylation is 1. The third-order valence-corrected chi connectivity index (χ3v) is 10.8. The highest BCUT2D eigenvalue weighted by Crippen LogP contribution is 2.52. The molecule has 2 aromatic carbocycles. The van der Waals surface area contributed by atoms with Gasteiger partial charge in [0.1, 0.15) is 40.9 Å². The highest BCUT2D eigenvalue weighted by molar-refractivity contribution is 7.92. The third kappa shape index (κ3) is 8.86. The van der Waals surface area contributed by atoms with Crippen LogP contribution in [0.25, 0.3) is 22.0 Å². The summed E-state index contributed by atoms with van der Waals surface area (Å²) in [5.41, 5.74) is -7.30. The van der Waals surface area contributed by atoms with Gasteiger partial charge in [-0.25, -0.2) is 48.5 Å². The van der Waals surface area contributed by atoms with Crippen LogP contribution in [0.5, 0.6) is 0 Å². The number of benzene rings is 2. The fourth-order valence-corrected chi connectivity index (χ4v) is 8.28. The number of carbonyl (C=O) groups is 1. The molecule has 0 bridgehead atoms. The van der Waals surface area contributed by atoms with E-state index in [9.17, 15) is 53.4 Å². The summed E-state index contributed by atoms with van der Waals surface area (Å²) in [7, 11) is -2.51. The maximum atomic E-state index is 15.2. The summed E-state index contributed by atoms with van der Waals surface area (Å²) in [6, 6.07) is 6.13. The first kappa shape index (κ1) is 43.7. The fraction of sp³-hybridized carbons (Fsp3) is 0.368. The van der Waals surface area contributed by atoms with E-state index < -0.39 is 119 Å². The number of nitrogens with zero attached hydrogens (tertiary/aromatic N) is 5. The SMILES string of the molecule is Cn1nc(NS(C)(=O)=O)c2c(Cl)ccc(-c3ccc(C#CC4(O)CC(F)(F)C4)nc3[C@H](Cc3cc(F)cc(F)c3)NC(=O)Cn3nc(C(F)F)c4c3C(F)(F)CCC4(F)F)c21. The molecule has 0 radical (unpaired) electrons. The number of sulfonamides is 1. The van der Waals surface area contributed by atoms with Gasteiger partial charge in [-0.3, -0.25) is 18.9 Å². The zero-order valence-electron chi connectivity index (χ0n) is 31.4. The lowest BCUT2D eigenvalue weighted by molar-refractivity contribution is -0.176. The number of hydrogen-bond acceptors (Lipinski definition) is 7. The number of carbonyl (C=O) groups excluding carboxylic acids is 1. The second-order valence-corrected chi connectivity index (χ2v) is 17.0. The van der Waals surface area contributed by atoms with Crippen molar-refractivity contribution in [2.24, 2.45) is 7.05 Å². The second-order valence-electron chi connectivity index (χ2n) is 14.9. The number of halogens is 11. The Kier molecular flexibility index (Phi) is 10.9. The highest BCUT2D eigenvalue weighted by Gasteiger charge is 2.56. The van der Waals surface area contributed by atoms with Crippen molar-refractivity contribution >= 4 is 44.3 Å². The number of pyridine rings is 1. The van der Waals surface area contributed by atoms with Gasteiger partial charge in [-0.2, -0.15) is 19.0 Å². The number of anilines is 1. The van der Waals surface area contributed by atoms with Crippen LogP contribution in [0, 0.1) is 23.5 Å². The first-order valence-corrected chi connectivity index (χ1v) is 20.2. The van der Waals surface area contributed by atoms with E-state index in [0.29, 0.717) is 6.07 Å².